The minimum absolute atomic E-state index is 0.469. The molecule has 1 saturated carbocycles. The van der Waals surface area contributed by atoms with Gasteiger partial charge in [0, 0.05) is 12.8 Å². The first kappa shape index (κ1) is 7.77. The molecule has 1 heteroatoms. The molecule has 0 aromatic heterocycles. The van der Waals surface area contributed by atoms with E-state index in [4.69, 9.17) is 0 Å². The molecule has 58 valence electrons. The predicted octanol–water partition coefficient (Wildman–Crippen LogP) is 2.40. The standard InChI is InChI=1S/C9H16O/c1-7-4-3-5-9(10)6-8(7)2/h7-8H,3-6H2,1-2H3. The van der Waals surface area contributed by atoms with Gasteiger partial charge < -0.3 is 0 Å². The Hall–Kier alpha value is -0.330. The van der Waals surface area contributed by atoms with Crippen LogP contribution in [0.15, 0.2) is 0 Å². The van der Waals surface area contributed by atoms with E-state index >= 15 is 0 Å². The van der Waals surface area contributed by atoms with Crippen LogP contribution in [0.3, 0.4) is 0 Å². The number of hydrogen-bond donors (Lipinski definition) is 0. The van der Waals surface area contributed by atoms with Crippen LogP contribution in [0.1, 0.15) is 39.5 Å². The zero-order valence-corrected chi connectivity index (χ0v) is 6.89. The molecule has 1 nitrogen and oxygen atoms in total. The van der Waals surface area contributed by atoms with E-state index in [-0.39, 0.29) is 0 Å². The molecule has 0 spiro atoms. The van der Waals surface area contributed by atoms with Gasteiger partial charge >= 0.3 is 0 Å². The largest absolute Gasteiger partial charge is 0.300 e. The van der Waals surface area contributed by atoms with E-state index < -0.39 is 0 Å². The Kier molecular flexibility index (Phi) is 2.47. The number of hydrogen-bond acceptors (Lipinski definition) is 1. The van der Waals surface area contributed by atoms with E-state index in [9.17, 15) is 4.79 Å². The highest BCUT2D eigenvalue weighted by Crippen LogP contribution is 2.25. The van der Waals surface area contributed by atoms with Gasteiger partial charge in [0.2, 0.25) is 0 Å². The quantitative estimate of drug-likeness (QED) is 0.472. The van der Waals surface area contributed by atoms with Crippen molar-refractivity contribution in [2.45, 2.75) is 39.5 Å². The summed E-state index contributed by atoms with van der Waals surface area (Å²) in [6.45, 7) is 4.44. The molecule has 1 rings (SSSR count). The molecule has 0 saturated heterocycles. The Morgan fingerprint density at radius 1 is 1.30 bits per heavy atom. The molecule has 2 atom stereocenters. The van der Waals surface area contributed by atoms with Crippen molar-refractivity contribution in [2.24, 2.45) is 11.8 Å². The van der Waals surface area contributed by atoms with Gasteiger partial charge in [-0.1, -0.05) is 20.3 Å². The smallest absolute Gasteiger partial charge is 0.133 e. The van der Waals surface area contributed by atoms with Crippen molar-refractivity contribution in [2.75, 3.05) is 0 Å². The zero-order chi connectivity index (χ0) is 7.56. The van der Waals surface area contributed by atoms with Crippen LogP contribution in [-0.4, -0.2) is 5.78 Å². The Bertz CT molecular complexity index is 129. The summed E-state index contributed by atoms with van der Waals surface area (Å²) in [5.41, 5.74) is 0. The van der Waals surface area contributed by atoms with Crippen molar-refractivity contribution in [3.8, 4) is 0 Å². The Morgan fingerprint density at radius 2 is 2.00 bits per heavy atom. The summed E-state index contributed by atoms with van der Waals surface area (Å²) in [4.78, 5) is 11.0. The Morgan fingerprint density at radius 3 is 2.70 bits per heavy atom. The van der Waals surface area contributed by atoms with E-state index in [2.05, 4.69) is 13.8 Å². The van der Waals surface area contributed by atoms with Gasteiger partial charge in [0.1, 0.15) is 5.78 Å². The Balaban J connectivity index is 2.49. The van der Waals surface area contributed by atoms with Crippen LogP contribution in [0, 0.1) is 11.8 Å². The molecule has 0 N–H and O–H groups in total. The molecule has 0 heterocycles. The lowest BCUT2D eigenvalue weighted by atomic mass is 9.91. The first-order chi connectivity index (χ1) is 4.70. The number of Topliss-reactive ketones (excluding diaryl/α,β-unsaturated/α-hetero) is 1. The molecule has 0 aromatic rings. The van der Waals surface area contributed by atoms with Crippen LogP contribution in [0.25, 0.3) is 0 Å². The summed E-state index contributed by atoms with van der Waals surface area (Å²) in [6.07, 6.45) is 4.01. The van der Waals surface area contributed by atoms with Crippen molar-refractivity contribution in [3.63, 3.8) is 0 Å². The third-order valence-corrected chi connectivity index (χ3v) is 2.64. The van der Waals surface area contributed by atoms with E-state index in [1.807, 2.05) is 0 Å². The number of carbonyl (C=O) groups excluding carboxylic acids is 1. The summed E-state index contributed by atoms with van der Waals surface area (Å²) < 4.78 is 0. The zero-order valence-electron chi connectivity index (χ0n) is 6.89. The fourth-order valence-corrected chi connectivity index (χ4v) is 1.57. The molecule has 0 aliphatic heterocycles. The molecular weight excluding hydrogens is 124 g/mol. The molecule has 0 radical (unpaired) electrons. The molecule has 1 aliphatic rings. The summed E-state index contributed by atoms with van der Waals surface area (Å²) >= 11 is 0. The second kappa shape index (κ2) is 3.18. The van der Waals surface area contributed by atoms with Crippen LogP contribution in [-0.2, 0) is 4.79 Å². The average molecular weight is 140 g/mol. The van der Waals surface area contributed by atoms with E-state index in [0.717, 1.165) is 25.2 Å². The van der Waals surface area contributed by atoms with Gasteiger partial charge in [-0.05, 0) is 18.3 Å². The molecule has 0 bridgehead atoms. The first-order valence-electron chi connectivity index (χ1n) is 4.22. The topological polar surface area (TPSA) is 17.1 Å². The fourth-order valence-electron chi connectivity index (χ4n) is 1.57. The average Bonchev–Trinajstić information content (AvgIpc) is 1.96. The van der Waals surface area contributed by atoms with Gasteiger partial charge in [-0.3, -0.25) is 4.79 Å². The Labute approximate surface area is 62.8 Å². The lowest BCUT2D eigenvalue weighted by Crippen LogP contribution is -2.07. The molecule has 10 heavy (non-hydrogen) atoms. The second-order valence-electron chi connectivity index (χ2n) is 3.59. The molecule has 1 aliphatic carbocycles. The summed E-state index contributed by atoms with van der Waals surface area (Å²) in [7, 11) is 0. The van der Waals surface area contributed by atoms with Crippen LogP contribution >= 0.6 is 0 Å². The van der Waals surface area contributed by atoms with Crippen molar-refractivity contribution < 1.29 is 4.79 Å². The highest BCUT2D eigenvalue weighted by atomic mass is 16.1. The van der Waals surface area contributed by atoms with Gasteiger partial charge in [-0.15, -0.1) is 0 Å². The van der Waals surface area contributed by atoms with E-state index in [1.54, 1.807) is 0 Å². The van der Waals surface area contributed by atoms with Crippen LogP contribution in [0.5, 0.6) is 0 Å². The highest BCUT2D eigenvalue weighted by molar-refractivity contribution is 5.78. The van der Waals surface area contributed by atoms with Crippen LogP contribution in [0.4, 0.5) is 0 Å². The van der Waals surface area contributed by atoms with Crippen molar-refractivity contribution in [1.29, 1.82) is 0 Å². The highest BCUT2D eigenvalue weighted by Gasteiger charge is 2.19. The lowest BCUT2D eigenvalue weighted by Gasteiger charge is -2.13. The number of ketones is 1. The van der Waals surface area contributed by atoms with Crippen LogP contribution in [0.2, 0.25) is 0 Å². The maximum Gasteiger partial charge on any atom is 0.133 e. The molecular formula is C9H16O. The number of carbonyl (C=O) groups is 1. The SMILES string of the molecule is CC1CCCC(=O)CC1C. The van der Waals surface area contributed by atoms with Gasteiger partial charge in [-0.2, -0.15) is 0 Å². The molecule has 1 fully saturated rings. The summed E-state index contributed by atoms with van der Waals surface area (Å²) in [6, 6.07) is 0. The molecule has 2 unspecified atom stereocenters. The van der Waals surface area contributed by atoms with Gasteiger partial charge in [-0.25, -0.2) is 0 Å². The molecule has 0 amide bonds. The van der Waals surface area contributed by atoms with Crippen molar-refractivity contribution >= 4 is 5.78 Å². The third-order valence-electron chi connectivity index (χ3n) is 2.64. The maximum atomic E-state index is 11.0. The number of rotatable bonds is 0. The molecule has 0 aromatic carbocycles. The van der Waals surface area contributed by atoms with E-state index in [0.29, 0.717) is 11.7 Å². The van der Waals surface area contributed by atoms with Gasteiger partial charge in [0.15, 0.2) is 0 Å². The van der Waals surface area contributed by atoms with Crippen LogP contribution < -0.4 is 0 Å². The predicted molar refractivity (Wildman–Crippen MR) is 41.8 cm³/mol. The fraction of sp³-hybridized carbons (Fsp3) is 0.889. The van der Waals surface area contributed by atoms with E-state index in [1.165, 1.54) is 6.42 Å². The maximum absolute atomic E-state index is 11.0. The normalized spacial score (nSPS) is 35.6. The van der Waals surface area contributed by atoms with Crippen molar-refractivity contribution in [1.82, 2.24) is 0 Å². The summed E-state index contributed by atoms with van der Waals surface area (Å²) in [5, 5.41) is 0. The monoisotopic (exact) mass is 140 g/mol. The lowest BCUT2D eigenvalue weighted by molar-refractivity contribution is -0.119. The minimum atomic E-state index is 0.469. The second-order valence-corrected chi connectivity index (χ2v) is 3.59. The van der Waals surface area contributed by atoms with Gasteiger partial charge in [0.25, 0.3) is 0 Å². The van der Waals surface area contributed by atoms with Crippen molar-refractivity contribution in [3.05, 3.63) is 0 Å². The minimum Gasteiger partial charge on any atom is -0.300 e. The van der Waals surface area contributed by atoms with Gasteiger partial charge in [0.05, 0.1) is 0 Å². The first-order valence-corrected chi connectivity index (χ1v) is 4.22. The third kappa shape index (κ3) is 1.83. The summed E-state index contributed by atoms with van der Waals surface area (Å²) in [5.74, 6) is 1.85.